The Morgan fingerprint density at radius 1 is 1.20 bits per heavy atom. The molecule has 0 aliphatic heterocycles. The summed E-state index contributed by atoms with van der Waals surface area (Å²) >= 11 is 11.9. The number of sulfonamides is 1. The molecular formula is C20H21Cl2N3O4S. The number of carboxylic acids is 1. The van der Waals surface area contributed by atoms with E-state index in [0.29, 0.717) is 17.0 Å². The van der Waals surface area contributed by atoms with Gasteiger partial charge in [-0.3, -0.25) is 14.5 Å². The second-order valence-electron chi connectivity index (χ2n) is 6.67. The molecule has 0 bridgehead atoms. The van der Waals surface area contributed by atoms with Crippen molar-refractivity contribution < 1.29 is 18.3 Å². The fraction of sp³-hybridized carbons (Fsp3) is 0.250. The minimum Gasteiger partial charge on any atom is -0.481 e. The number of rotatable bonds is 9. The topological polar surface area (TPSA) is 120 Å². The highest BCUT2D eigenvalue weighted by molar-refractivity contribution is 7.92. The SMILES string of the molecule is CC(=N)C(CC(=O)O)C(C)=NCc1cccc(NS(=O)(=O)c2cc(Cl)ccc2Cl)c1. The summed E-state index contributed by atoms with van der Waals surface area (Å²) in [7, 11) is -3.95. The summed E-state index contributed by atoms with van der Waals surface area (Å²) in [5.74, 6) is -1.58. The number of aliphatic imine (C=N–C) groups is 1. The average Bonchev–Trinajstić information content (AvgIpc) is 2.65. The van der Waals surface area contributed by atoms with Crippen molar-refractivity contribution in [2.45, 2.75) is 31.7 Å². The van der Waals surface area contributed by atoms with Crippen LogP contribution >= 0.6 is 23.2 Å². The Morgan fingerprint density at radius 2 is 1.90 bits per heavy atom. The maximum Gasteiger partial charge on any atom is 0.304 e. The van der Waals surface area contributed by atoms with Crippen LogP contribution in [0.15, 0.2) is 52.4 Å². The number of halogens is 2. The Bertz CT molecular complexity index is 1100. The summed E-state index contributed by atoms with van der Waals surface area (Å²) < 4.78 is 27.8. The third-order valence-electron chi connectivity index (χ3n) is 4.28. The normalized spacial score (nSPS) is 13.0. The maximum atomic E-state index is 12.7. The van der Waals surface area contributed by atoms with Gasteiger partial charge in [0.15, 0.2) is 0 Å². The Labute approximate surface area is 185 Å². The van der Waals surface area contributed by atoms with Gasteiger partial charge in [-0.05, 0) is 49.7 Å². The minimum atomic E-state index is -3.95. The predicted octanol–water partition coefficient (Wildman–Crippen LogP) is 4.89. The van der Waals surface area contributed by atoms with Crippen molar-refractivity contribution in [3.8, 4) is 0 Å². The summed E-state index contributed by atoms with van der Waals surface area (Å²) in [4.78, 5) is 15.3. The molecule has 2 aromatic carbocycles. The monoisotopic (exact) mass is 469 g/mol. The van der Waals surface area contributed by atoms with E-state index < -0.39 is 21.9 Å². The van der Waals surface area contributed by atoms with E-state index in [1.165, 1.54) is 18.2 Å². The second kappa shape index (κ2) is 10.1. The third-order valence-corrected chi connectivity index (χ3v) is 6.38. The molecule has 0 radical (unpaired) electrons. The van der Waals surface area contributed by atoms with Gasteiger partial charge < -0.3 is 10.5 Å². The van der Waals surface area contributed by atoms with E-state index in [2.05, 4.69) is 9.71 Å². The van der Waals surface area contributed by atoms with Gasteiger partial charge in [-0.25, -0.2) is 8.42 Å². The molecule has 0 saturated carbocycles. The summed E-state index contributed by atoms with van der Waals surface area (Å²) in [5.41, 5.74) is 1.78. The van der Waals surface area contributed by atoms with Gasteiger partial charge in [-0.15, -0.1) is 0 Å². The molecule has 160 valence electrons. The molecule has 3 N–H and O–H groups in total. The zero-order valence-corrected chi connectivity index (χ0v) is 18.6. The molecule has 0 aromatic heterocycles. The van der Waals surface area contributed by atoms with Crippen LogP contribution in [0.5, 0.6) is 0 Å². The number of aliphatic carboxylic acids is 1. The van der Waals surface area contributed by atoms with Gasteiger partial charge in [0.05, 0.1) is 18.0 Å². The van der Waals surface area contributed by atoms with Crippen LogP contribution in [-0.4, -0.2) is 30.9 Å². The zero-order valence-electron chi connectivity index (χ0n) is 16.3. The van der Waals surface area contributed by atoms with Crippen molar-refractivity contribution in [3.05, 3.63) is 58.1 Å². The molecule has 0 heterocycles. The summed E-state index contributed by atoms with van der Waals surface area (Å²) in [5, 5.41) is 17.1. The molecule has 10 heteroatoms. The molecule has 0 fully saturated rings. The first-order chi connectivity index (χ1) is 14.0. The molecule has 7 nitrogen and oxygen atoms in total. The molecule has 2 rings (SSSR count). The molecule has 2 aromatic rings. The van der Waals surface area contributed by atoms with E-state index in [4.69, 9.17) is 33.7 Å². The van der Waals surface area contributed by atoms with Crippen molar-refractivity contribution in [1.82, 2.24) is 0 Å². The first-order valence-electron chi connectivity index (χ1n) is 8.84. The molecule has 0 aliphatic carbocycles. The summed E-state index contributed by atoms with van der Waals surface area (Å²) in [6.07, 6.45) is -0.203. The third kappa shape index (κ3) is 6.55. The van der Waals surface area contributed by atoms with E-state index in [9.17, 15) is 13.2 Å². The highest BCUT2D eigenvalue weighted by atomic mass is 35.5. The van der Waals surface area contributed by atoms with Crippen molar-refractivity contribution >= 4 is 56.3 Å². The van der Waals surface area contributed by atoms with Gasteiger partial charge in [0.1, 0.15) is 4.90 Å². The van der Waals surface area contributed by atoms with Gasteiger partial charge in [-0.2, -0.15) is 0 Å². The number of nitrogens with zero attached hydrogens (tertiary/aromatic N) is 1. The van der Waals surface area contributed by atoms with Gasteiger partial charge in [0.25, 0.3) is 10.0 Å². The lowest BCUT2D eigenvalue weighted by atomic mass is 9.95. The quantitative estimate of drug-likeness (QED) is 0.452. The maximum absolute atomic E-state index is 12.7. The number of nitrogens with one attached hydrogen (secondary N) is 2. The van der Waals surface area contributed by atoms with E-state index in [-0.39, 0.29) is 33.6 Å². The van der Waals surface area contributed by atoms with Gasteiger partial charge in [0.2, 0.25) is 0 Å². The summed E-state index contributed by atoms with van der Waals surface area (Å²) in [6.45, 7) is 3.44. The van der Waals surface area contributed by atoms with E-state index in [1.807, 2.05) is 0 Å². The Morgan fingerprint density at radius 3 is 2.53 bits per heavy atom. The largest absolute Gasteiger partial charge is 0.481 e. The molecule has 0 amide bonds. The van der Waals surface area contributed by atoms with Gasteiger partial charge in [0, 0.05) is 28.1 Å². The fourth-order valence-corrected chi connectivity index (χ4v) is 4.55. The van der Waals surface area contributed by atoms with Crippen LogP contribution < -0.4 is 4.72 Å². The Balaban J connectivity index is 2.21. The highest BCUT2D eigenvalue weighted by Crippen LogP contribution is 2.27. The van der Waals surface area contributed by atoms with Crippen LogP contribution in [0, 0.1) is 11.3 Å². The number of carboxylic acid groups (broad SMARTS) is 1. The molecule has 1 unspecified atom stereocenters. The fourth-order valence-electron chi connectivity index (χ4n) is 2.74. The van der Waals surface area contributed by atoms with E-state index in [0.717, 1.165) is 0 Å². The zero-order chi connectivity index (χ0) is 22.5. The molecule has 1 atom stereocenters. The number of anilines is 1. The van der Waals surface area contributed by atoms with Gasteiger partial charge in [-0.1, -0.05) is 35.3 Å². The summed E-state index contributed by atoms with van der Waals surface area (Å²) in [6, 6.07) is 10.8. The van der Waals surface area contributed by atoms with E-state index in [1.54, 1.807) is 38.1 Å². The number of carbonyl (C=O) groups is 1. The van der Waals surface area contributed by atoms with Crippen LogP contribution in [0.1, 0.15) is 25.8 Å². The molecule has 0 aliphatic rings. The lowest BCUT2D eigenvalue weighted by Gasteiger charge is -2.14. The standard InChI is InChI=1S/C20H21Cl2N3O4S/c1-12(23)17(10-20(26)27)13(2)24-11-14-4-3-5-16(8-14)25-30(28,29)19-9-15(21)6-7-18(19)22/h3-9,17,23,25H,10-11H2,1-2H3,(H,26,27). The molecular weight excluding hydrogens is 449 g/mol. The van der Waals surface area contributed by atoms with Crippen LogP contribution in [0.4, 0.5) is 5.69 Å². The lowest BCUT2D eigenvalue weighted by molar-refractivity contribution is -0.137. The Kier molecular flexibility index (Phi) is 8.00. The molecule has 0 saturated heterocycles. The predicted molar refractivity (Wildman–Crippen MR) is 120 cm³/mol. The first-order valence-corrected chi connectivity index (χ1v) is 11.1. The van der Waals surface area contributed by atoms with E-state index >= 15 is 0 Å². The lowest BCUT2D eigenvalue weighted by Crippen LogP contribution is -2.22. The minimum absolute atomic E-state index is 0.0507. The van der Waals surface area contributed by atoms with Gasteiger partial charge >= 0.3 is 5.97 Å². The van der Waals surface area contributed by atoms with Crippen LogP contribution in [0.2, 0.25) is 10.0 Å². The number of hydrogen-bond acceptors (Lipinski definition) is 5. The van der Waals surface area contributed by atoms with Crippen LogP contribution in [0.25, 0.3) is 0 Å². The average molecular weight is 470 g/mol. The highest BCUT2D eigenvalue weighted by Gasteiger charge is 2.20. The molecule has 0 spiro atoms. The second-order valence-corrected chi connectivity index (χ2v) is 9.17. The molecule has 30 heavy (non-hydrogen) atoms. The van der Waals surface area contributed by atoms with Crippen molar-refractivity contribution in [3.63, 3.8) is 0 Å². The van der Waals surface area contributed by atoms with Crippen LogP contribution in [-0.2, 0) is 21.4 Å². The van der Waals surface area contributed by atoms with Crippen molar-refractivity contribution in [2.75, 3.05) is 4.72 Å². The number of hydrogen-bond donors (Lipinski definition) is 3. The Hall–Kier alpha value is -2.42. The first kappa shape index (κ1) is 23.9. The van der Waals surface area contributed by atoms with Crippen molar-refractivity contribution in [2.24, 2.45) is 10.9 Å². The van der Waals surface area contributed by atoms with Crippen LogP contribution in [0.3, 0.4) is 0 Å². The smallest absolute Gasteiger partial charge is 0.304 e. The van der Waals surface area contributed by atoms with Crippen molar-refractivity contribution in [1.29, 1.82) is 5.41 Å². The number of benzene rings is 2.